The smallest absolute Gasteiger partial charge is 0.243 e. The van der Waals surface area contributed by atoms with Crippen molar-refractivity contribution in [3.05, 3.63) is 102 Å². The predicted molar refractivity (Wildman–Crippen MR) is 141 cm³/mol. The number of aryl methyl sites for hydroxylation is 1. The predicted octanol–water partition coefficient (Wildman–Crippen LogP) is 5.64. The molecule has 178 valence electrons. The Bertz CT molecular complexity index is 1040. The van der Waals surface area contributed by atoms with E-state index in [1.54, 1.807) is 4.90 Å². The van der Waals surface area contributed by atoms with Gasteiger partial charge in [0, 0.05) is 24.4 Å². The molecule has 0 heterocycles. The first-order chi connectivity index (χ1) is 16.6. The van der Waals surface area contributed by atoms with Gasteiger partial charge in [-0.2, -0.15) is 0 Å². The van der Waals surface area contributed by atoms with Gasteiger partial charge in [-0.1, -0.05) is 91.7 Å². The Balaban J connectivity index is 1.87. The van der Waals surface area contributed by atoms with Crippen molar-refractivity contribution in [1.82, 2.24) is 10.2 Å². The number of thioether (sulfide) groups is 1. The molecule has 0 saturated carbocycles. The van der Waals surface area contributed by atoms with Crippen LogP contribution in [0.2, 0.25) is 0 Å². The highest BCUT2D eigenvalue weighted by atomic mass is 32.2. The lowest BCUT2D eigenvalue weighted by Crippen LogP contribution is -2.51. The molecule has 4 nitrogen and oxygen atoms in total. The molecular formula is C29H34N2O2S. The summed E-state index contributed by atoms with van der Waals surface area (Å²) in [5, 5.41) is 3.07. The SMILES string of the molecule is CCCCNC(=O)[C@@H](Cc1ccccc1)N(Cc1cccc(C)c1)C(=O)CSc1ccccc1. The van der Waals surface area contributed by atoms with Gasteiger partial charge in [0.05, 0.1) is 5.75 Å². The molecular weight excluding hydrogens is 440 g/mol. The van der Waals surface area contributed by atoms with Crippen LogP contribution in [0.4, 0.5) is 0 Å². The second-order valence-corrected chi connectivity index (χ2v) is 9.51. The minimum absolute atomic E-state index is 0.0399. The second kappa shape index (κ2) is 13.6. The first-order valence-corrected chi connectivity index (χ1v) is 12.9. The van der Waals surface area contributed by atoms with Crippen LogP contribution in [0.15, 0.2) is 89.8 Å². The molecule has 0 aromatic heterocycles. The molecule has 0 fully saturated rings. The Morgan fingerprint density at radius 3 is 2.26 bits per heavy atom. The maximum atomic E-state index is 13.6. The molecule has 3 aromatic rings. The first kappa shape index (κ1) is 25.6. The number of nitrogens with zero attached hydrogens (tertiary/aromatic N) is 1. The van der Waals surface area contributed by atoms with Crippen molar-refractivity contribution in [3.8, 4) is 0 Å². The maximum absolute atomic E-state index is 13.6. The Hall–Kier alpha value is -3.05. The lowest BCUT2D eigenvalue weighted by Gasteiger charge is -2.31. The number of hydrogen-bond acceptors (Lipinski definition) is 3. The third-order valence-corrected chi connectivity index (χ3v) is 6.64. The third kappa shape index (κ3) is 8.07. The van der Waals surface area contributed by atoms with Gasteiger partial charge in [-0.15, -0.1) is 11.8 Å². The fourth-order valence-electron chi connectivity index (χ4n) is 3.81. The van der Waals surface area contributed by atoms with E-state index in [1.165, 1.54) is 11.8 Å². The highest BCUT2D eigenvalue weighted by molar-refractivity contribution is 8.00. The van der Waals surface area contributed by atoms with Crippen LogP contribution in [0, 0.1) is 6.92 Å². The topological polar surface area (TPSA) is 49.4 Å². The van der Waals surface area contributed by atoms with E-state index in [9.17, 15) is 9.59 Å². The average molecular weight is 475 g/mol. The summed E-state index contributed by atoms with van der Waals surface area (Å²) in [4.78, 5) is 29.8. The number of rotatable bonds is 12. The van der Waals surface area contributed by atoms with Crippen molar-refractivity contribution < 1.29 is 9.59 Å². The first-order valence-electron chi connectivity index (χ1n) is 11.9. The Morgan fingerprint density at radius 1 is 0.912 bits per heavy atom. The lowest BCUT2D eigenvalue weighted by atomic mass is 10.0. The second-order valence-electron chi connectivity index (χ2n) is 8.46. The van der Waals surface area contributed by atoms with E-state index in [4.69, 9.17) is 0 Å². The van der Waals surface area contributed by atoms with Crippen molar-refractivity contribution >= 4 is 23.6 Å². The zero-order chi connectivity index (χ0) is 24.2. The molecule has 0 saturated heterocycles. The number of unbranched alkanes of at least 4 members (excludes halogenated alkanes) is 1. The van der Waals surface area contributed by atoms with Crippen molar-refractivity contribution in [2.45, 2.75) is 50.6 Å². The van der Waals surface area contributed by atoms with Crippen LogP contribution >= 0.6 is 11.8 Å². The Morgan fingerprint density at radius 2 is 1.59 bits per heavy atom. The standard InChI is InChI=1S/C29H34N2O2S/c1-3-4-18-30-29(33)27(20-24-13-7-5-8-14-24)31(21-25-15-11-12-23(2)19-25)28(32)22-34-26-16-9-6-10-17-26/h5-17,19,27H,3-4,18,20-22H2,1-2H3,(H,30,33)/t27-/m1/s1. The fourth-order valence-corrected chi connectivity index (χ4v) is 4.62. The minimum Gasteiger partial charge on any atom is -0.354 e. The van der Waals surface area contributed by atoms with E-state index in [1.807, 2.05) is 85.8 Å². The number of amides is 2. The highest BCUT2D eigenvalue weighted by Gasteiger charge is 2.30. The van der Waals surface area contributed by atoms with Crippen LogP contribution in [-0.4, -0.2) is 35.1 Å². The number of carbonyl (C=O) groups is 2. The lowest BCUT2D eigenvalue weighted by molar-refractivity contribution is -0.139. The zero-order valence-electron chi connectivity index (χ0n) is 20.1. The molecule has 0 radical (unpaired) electrons. The van der Waals surface area contributed by atoms with E-state index in [0.29, 0.717) is 19.5 Å². The molecule has 0 bridgehead atoms. The number of hydrogen-bond donors (Lipinski definition) is 1. The van der Waals surface area contributed by atoms with Crippen LogP contribution < -0.4 is 5.32 Å². The summed E-state index contributed by atoms with van der Waals surface area (Å²) in [6.07, 6.45) is 2.40. The van der Waals surface area contributed by atoms with Gasteiger partial charge in [-0.3, -0.25) is 9.59 Å². The monoisotopic (exact) mass is 474 g/mol. The average Bonchev–Trinajstić information content (AvgIpc) is 2.86. The van der Waals surface area contributed by atoms with E-state index in [2.05, 4.69) is 18.3 Å². The van der Waals surface area contributed by atoms with E-state index < -0.39 is 6.04 Å². The molecule has 1 atom stereocenters. The summed E-state index contributed by atoms with van der Waals surface area (Å²) < 4.78 is 0. The van der Waals surface area contributed by atoms with Crippen LogP contribution in [0.1, 0.15) is 36.5 Å². The van der Waals surface area contributed by atoms with Gasteiger partial charge in [0.1, 0.15) is 6.04 Å². The summed E-state index contributed by atoms with van der Waals surface area (Å²) in [5.74, 6) is 0.147. The molecule has 5 heteroatoms. The molecule has 2 amide bonds. The fraction of sp³-hybridized carbons (Fsp3) is 0.310. The highest BCUT2D eigenvalue weighted by Crippen LogP contribution is 2.21. The summed E-state index contributed by atoms with van der Waals surface area (Å²) in [6, 6.07) is 27.4. The molecule has 0 aliphatic heterocycles. The molecule has 3 aromatic carbocycles. The van der Waals surface area contributed by atoms with Gasteiger partial charge in [0.2, 0.25) is 11.8 Å². The van der Waals surface area contributed by atoms with Gasteiger partial charge >= 0.3 is 0 Å². The van der Waals surface area contributed by atoms with Crippen LogP contribution in [-0.2, 0) is 22.6 Å². The molecule has 0 aliphatic rings. The van der Waals surface area contributed by atoms with Gasteiger partial charge in [-0.25, -0.2) is 0 Å². The quantitative estimate of drug-likeness (QED) is 0.273. The van der Waals surface area contributed by atoms with Crippen LogP contribution in [0.3, 0.4) is 0 Å². The molecule has 0 unspecified atom stereocenters. The normalized spacial score (nSPS) is 11.6. The van der Waals surface area contributed by atoms with Crippen LogP contribution in [0.5, 0.6) is 0 Å². The zero-order valence-corrected chi connectivity index (χ0v) is 20.9. The summed E-state index contributed by atoms with van der Waals surface area (Å²) in [5.41, 5.74) is 3.20. The number of benzene rings is 3. The Kier molecular flexibility index (Phi) is 10.2. The van der Waals surface area contributed by atoms with Gasteiger partial charge in [0.15, 0.2) is 0 Å². The molecule has 0 spiro atoms. The molecule has 1 N–H and O–H groups in total. The summed E-state index contributed by atoms with van der Waals surface area (Å²) in [6.45, 7) is 5.15. The minimum atomic E-state index is -0.580. The van der Waals surface area contributed by atoms with Crippen molar-refractivity contribution in [2.24, 2.45) is 0 Å². The number of nitrogens with one attached hydrogen (secondary N) is 1. The Labute approximate surface area is 207 Å². The largest absolute Gasteiger partial charge is 0.354 e. The van der Waals surface area contributed by atoms with Gasteiger partial charge in [-0.05, 0) is 36.6 Å². The molecule has 34 heavy (non-hydrogen) atoms. The van der Waals surface area contributed by atoms with Crippen molar-refractivity contribution in [3.63, 3.8) is 0 Å². The van der Waals surface area contributed by atoms with Crippen molar-refractivity contribution in [2.75, 3.05) is 12.3 Å². The molecule has 0 aliphatic carbocycles. The number of carbonyl (C=O) groups excluding carboxylic acids is 2. The van der Waals surface area contributed by atoms with E-state index in [-0.39, 0.29) is 17.6 Å². The summed E-state index contributed by atoms with van der Waals surface area (Å²) >= 11 is 1.50. The van der Waals surface area contributed by atoms with Gasteiger partial charge in [0.25, 0.3) is 0 Å². The van der Waals surface area contributed by atoms with E-state index in [0.717, 1.165) is 34.4 Å². The molecule has 3 rings (SSSR count). The van der Waals surface area contributed by atoms with E-state index >= 15 is 0 Å². The summed E-state index contributed by atoms with van der Waals surface area (Å²) in [7, 11) is 0. The van der Waals surface area contributed by atoms with Crippen LogP contribution in [0.25, 0.3) is 0 Å². The third-order valence-electron chi connectivity index (χ3n) is 5.64. The van der Waals surface area contributed by atoms with Crippen molar-refractivity contribution in [1.29, 1.82) is 0 Å². The maximum Gasteiger partial charge on any atom is 0.243 e. The van der Waals surface area contributed by atoms with Gasteiger partial charge < -0.3 is 10.2 Å².